The van der Waals surface area contributed by atoms with E-state index in [9.17, 15) is 14.0 Å². The Hall–Kier alpha value is -2.94. The summed E-state index contributed by atoms with van der Waals surface area (Å²) in [7, 11) is 0. The molecule has 5 nitrogen and oxygen atoms in total. The van der Waals surface area contributed by atoms with E-state index in [4.69, 9.17) is 5.26 Å². The Kier molecular flexibility index (Phi) is 5.46. The molecule has 1 saturated heterocycles. The fourth-order valence-electron chi connectivity index (χ4n) is 5.01. The van der Waals surface area contributed by atoms with Crippen molar-refractivity contribution in [3.05, 3.63) is 69.4 Å². The first-order valence-electron chi connectivity index (χ1n) is 10.6. The average molecular weight is 407 g/mol. The Bertz CT molecular complexity index is 1070. The number of hydrogen-bond donors (Lipinski definition) is 0. The van der Waals surface area contributed by atoms with Gasteiger partial charge in [0.05, 0.1) is 17.2 Å². The fraction of sp³-hybridized carbons (Fsp3) is 0.458. The van der Waals surface area contributed by atoms with Crippen LogP contribution in [0.3, 0.4) is 0 Å². The number of carbonyl (C=O) groups is 1. The molecule has 2 bridgehead atoms. The zero-order valence-electron chi connectivity index (χ0n) is 17.3. The van der Waals surface area contributed by atoms with Crippen LogP contribution in [0.2, 0.25) is 0 Å². The van der Waals surface area contributed by atoms with Crippen molar-refractivity contribution >= 4 is 5.91 Å². The molecule has 1 aromatic carbocycles. The molecular weight excluding hydrogens is 381 g/mol. The van der Waals surface area contributed by atoms with Crippen LogP contribution in [-0.4, -0.2) is 28.5 Å². The Balaban J connectivity index is 1.66. The molecule has 4 rings (SSSR count). The number of likely N-dealkylation sites (tertiary alicyclic amines) is 1. The fourth-order valence-corrected chi connectivity index (χ4v) is 5.01. The number of amides is 1. The number of aromatic nitrogens is 1. The highest BCUT2D eigenvalue weighted by molar-refractivity contribution is 5.94. The molecule has 2 aliphatic heterocycles. The van der Waals surface area contributed by atoms with Crippen LogP contribution >= 0.6 is 0 Å². The van der Waals surface area contributed by atoms with Crippen molar-refractivity contribution in [2.45, 2.75) is 45.1 Å². The standard InChI is InChI=1S/C24H26FN3O2/c1-15(2)6-9-22-18-11-17(21-4-3-5-23(29)28(21)22)13-27(14-18)24(30)19-8-7-16(12-26)10-20(19)25/h3-5,7-8,10,15,17-18,22H,6,9,11,13-14H2,1-2H3/t17-,18+,22+/m1/s1. The average Bonchev–Trinajstić information content (AvgIpc) is 2.73. The van der Waals surface area contributed by atoms with Gasteiger partial charge in [-0.25, -0.2) is 4.39 Å². The minimum atomic E-state index is -0.664. The summed E-state index contributed by atoms with van der Waals surface area (Å²) in [6, 6.07) is 11.3. The first-order valence-corrected chi connectivity index (χ1v) is 10.6. The molecule has 6 heteroatoms. The van der Waals surface area contributed by atoms with Crippen LogP contribution in [0.4, 0.5) is 4.39 Å². The maximum absolute atomic E-state index is 14.5. The summed E-state index contributed by atoms with van der Waals surface area (Å²) < 4.78 is 16.4. The Morgan fingerprint density at radius 1 is 1.27 bits per heavy atom. The van der Waals surface area contributed by atoms with Crippen molar-refractivity contribution in [1.29, 1.82) is 5.26 Å². The second kappa shape index (κ2) is 8.06. The number of halogens is 1. The van der Waals surface area contributed by atoms with Gasteiger partial charge in [0.2, 0.25) is 0 Å². The van der Waals surface area contributed by atoms with Crippen molar-refractivity contribution in [3.8, 4) is 6.07 Å². The van der Waals surface area contributed by atoms with Gasteiger partial charge in [0.1, 0.15) is 5.82 Å². The van der Waals surface area contributed by atoms with E-state index in [0.29, 0.717) is 19.0 Å². The molecule has 0 unspecified atom stereocenters. The second-order valence-corrected chi connectivity index (χ2v) is 8.91. The number of fused-ring (bicyclic) bond motifs is 4. The Morgan fingerprint density at radius 3 is 2.77 bits per heavy atom. The van der Waals surface area contributed by atoms with Gasteiger partial charge >= 0.3 is 0 Å². The van der Waals surface area contributed by atoms with Gasteiger partial charge in [-0.1, -0.05) is 19.9 Å². The molecule has 0 aliphatic carbocycles. The maximum Gasteiger partial charge on any atom is 0.256 e. The Labute approximate surface area is 175 Å². The number of nitrogens with zero attached hydrogens (tertiary/aromatic N) is 3. The molecule has 0 N–H and O–H groups in total. The summed E-state index contributed by atoms with van der Waals surface area (Å²) in [4.78, 5) is 27.6. The van der Waals surface area contributed by atoms with E-state index < -0.39 is 5.82 Å². The predicted octanol–water partition coefficient (Wildman–Crippen LogP) is 4.10. The van der Waals surface area contributed by atoms with Crippen LogP contribution in [0.15, 0.2) is 41.2 Å². The smallest absolute Gasteiger partial charge is 0.256 e. The number of nitriles is 1. The minimum Gasteiger partial charge on any atom is -0.338 e. The molecule has 2 aliphatic rings. The summed E-state index contributed by atoms with van der Waals surface area (Å²) in [5.41, 5.74) is 1.19. The lowest BCUT2D eigenvalue weighted by Gasteiger charge is -2.47. The van der Waals surface area contributed by atoms with E-state index in [1.54, 1.807) is 17.0 Å². The molecule has 156 valence electrons. The normalized spacial score (nSPS) is 22.5. The van der Waals surface area contributed by atoms with Gasteiger partial charge in [0.25, 0.3) is 11.5 Å². The lowest BCUT2D eigenvalue weighted by Crippen LogP contribution is -2.51. The molecule has 0 saturated carbocycles. The monoisotopic (exact) mass is 407 g/mol. The highest BCUT2D eigenvalue weighted by Gasteiger charge is 2.41. The highest BCUT2D eigenvalue weighted by atomic mass is 19.1. The van der Waals surface area contributed by atoms with E-state index in [2.05, 4.69) is 13.8 Å². The van der Waals surface area contributed by atoms with Crippen LogP contribution in [-0.2, 0) is 0 Å². The number of carbonyl (C=O) groups excluding carboxylic acids is 1. The molecule has 3 heterocycles. The molecule has 1 aromatic heterocycles. The van der Waals surface area contributed by atoms with Crippen molar-refractivity contribution < 1.29 is 9.18 Å². The van der Waals surface area contributed by atoms with E-state index in [-0.39, 0.29) is 40.5 Å². The summed E-state index contributed by atoms with van der Waals surface area (Å²) >= 11 is 0. The number of benzene rings is 1. The van der Waals surface area contributed by atoms with Gasteiger partial charge in [-0.15, -0.1) is 0 Å². The molecule has 0 radical (unpaired) electrons. The van der Waals surface area contributed by atoms with Gasteiger partial charge in [0.15, 0.2) is 0 Å². The molecule has 3 atom stereocenters. The van der Waals surface area contributed by atoms with Gasteiger partial charge in [-0.3, -0.25) is 9.59 Å². The van der Waals surface area contributed by atoms with Crippen molar-refractivity contribution in [1.82, 2.24) is 9.47 Å². The SMILES string of the molecule is CC(C)CC[C@H]1[C@H]2C[C@H](CN(C(=O)c3ccc(C#N)cc3F)C2)c2cccc(=O)n21. The molecule has 0 spiro atoms. The number of rotatable bonds is 4. The van der Waals surface area contributed by atoms with Crippen molar-refractivity contribution in [2.75, 3.05) is 13.1 Å². The molecule has 30 heavy (non-hydrogen) atoms. The summed E-state index contributed by atoms with van der Waals surface area (Å²) in [5, 5.41) is 8.94. The largest absolute Gasteiger partial charge is 0.338 e. The quantitative estimate of drug-likeness (QED) is 0.767. The van der Waals surface area contributed by atoms with E-state index in [1.807, 2.05) is 16.7 Å². The molecule has 1 fully saturated rings. The van der Waals surface area contributed by atoms with E-state index in [1.165, 1.54) is 12.1 Å². The third-order valence-corrected chi connectivity index (χ3v) is 6.45. The van der Waals surface area contributed by atoms with Gasteiger partial charge in [-0.05, 0) is 55.4 Å². The topological polar surface area (TPSA) is 66.1 Å². The summed E-state index contributed by atoms with van der Waals surface area (Å²) in [5.74, 6) is -0.248. The number of hydrogen-bond acceptors (Lipinski definition) is 3. The third kappa shape index (κ3) is 3.65. The second-order valence-electron chi connectivity index (χ2n) is 8.91. The lowest BCUT2D eigenvalue weighted by molar-refractivity contribution is 0.0509. The van der Waals surface area contributed by atoms with Gasteiger partial charge in [-0.2, -0.15) is 5.26 Å². The van der Waals surface area contributed by atoms with Crippen LogP contribution in [0, 0.1) is 29.0 Å². The third-order valence-electron chi connectivity index (χ3n) is 6.45. The van der Waals surface area contributed by atoms with E-state index >= 15 is 0 Å². The summed E-state index contributed by atoms with van der Waals surface area (Å²) in [6.07, 6.45) is 2.83. The van der Waals surface area contributed by atoms with Crippen LogP contribution < -0.4 is 5.56 Å². The molecular formula is C24H26FN3O2. The predicted molar refractivity (Wildman–Crippen MR) is 112 cm³/mol. The molecule has 2 aromatic rings. The zero-order valence-corrected chi connectivity index (χ0v) is 17.3. The first-order chi connectivity index (χ1) is 14.4. The summed E-state index contributed by atoms with van der Waals surface area (Å²) in [6.45, 7) is 5.32. The number of pyridine rings is 1. The van der Waals surface area contributed by atoms with Gasteiger partial charge < -0.3 is 9.47 Å². The van der Waals surface area contributed by atoms with E-state index in [0.717, 1.165) is 31.0 Å². The number of piperidine rings is 1. The van der Waals surface area contributed by atoms with Crippen LogP contribution in [0.25, 0.3) is 0 Å². The first kappa shape index (κ1) is 20.3. The van der Waals surface area contributed by atoms with Crippen molar-refractivity contribution in [3.63, 3.8) is 0 Å². The van der Waals surface area contributed by atoms with Crippen LogP contribution in [0.5, 0.6) is 0 Å². The highest BCUT2D eigenvalue weighted by Crippen LogP contribution is 2.43. The molecule has 1 amide bonds. The van der Waals surface area contributed by atoms with Crippen LogP contribution in [0.1, 0.15) is 66.7 Å². The lowest BCUT2D eigenvalue weighted by atomic mass is 9.76. The maximum atomic E-state index is 14.5. The zero-order chi connectivity index (χ0) is 21.4. The Morgan fingerprint density at radius 2 is 2.07 bits per heavy atom. The van der Waals surface area contributed by atoms with Crippen molar-refractivity contribution in [2.24, 2.45) is 11.8 Å². The minimum absolute atomic E-state index is 0.00171. The van der Waals surface area contributed by atoms with Gasteiger partial charge in [0, 0.05) is 36.8 Å².